The van der Waals surface area contributed by atoms with E-state index < -0.39 is 0 Å². The van der Waals surface area contributed by atoms with Crippen LogP contribution in [0.15, 0.2) is 60.0 Å². The number of anilines is 1. The lowest BCUT2D eigenvalue weighted by molar-refractivity contribution is -0.133. The third kappa shape index (κ3) is 7.02. The summed E-state index contributed by atoms with van der Waals surface area (Å²) in [5.74, 6) is -0.0680. The number of thiophene rings is 1. The van der Waals surface area contributed by atoms with Crippen LogP contribution in [0, 0.1) is 6.92 Å². The van der Waals surface area contributed by atoms with Gasteiger partial charge in [-0.15, -0.1) is 11.3 Å². The van der Waals surface area contributed by atoms with E-state index in [1.165, 1.54) is 5.56 Å². The van der Waals surface area contributed by atoms with Gasteiger partial charge in [0.05, 0.1) is 16.6 Å². The first-order valence-corrected chi connectivity index (χ1v) is 13.9. The summed E-state index contributed by atoms with van der Waals surface area (Å²) < 4.78 is 0. The summed E-state index contributed by atoms with van der Waals surface area (Å²) >= 11 is 13.8. The number of nitrogens with zero attached hydrogens (tertiary/aromatic N) is 2. The summed E-state index contributed by atoms with van der Waals surface area (Å²) in [5.41, 5.74) is 2.79. The predicted molar refractivity (Wildman–Crippen MR) is 149 cm³/mol. The van der Waals surface area contributed by atoms with E-state index in [0.29, 0.717) is 28.8 Å². The molecule has 3 amide bonds. The molecule has 1 N–H and O–H groups in total. The van der Waals surface area contributed by atoms with Crippen LogP contribution in [0.2, 0.25) is 10.0 Å². The zero-order valence-electron chi connectivity index (χ0n) is 20.4. The second-order valence-electron chi connectivity index (χ2n) is 9.24. The highest BCUT2D eigenvalue weighted by molar-refractivity contribution is 7.10. The van der Waals surface area contributed by atoms with Crippen LogP contribution in [0.5, 0.6) is 0 Å². The summed E-state index contributed by atoms with van der Waals surface area (Å²) in [6.07, 6.45) is 5.05. The lowest BCUT2D eigenvalue weighted by Gasteiger charge is -2.35. The van der Waals surface area contributed by atoms with Gasteiger partial charge in [0, 0.05) is 23.2 Å². The van der Waals surface area contributed by atoms with Crippen LogP contribution < -0.4 is 5.32 Å². The number of hydrogen-bond acceptors (Lipinski definition) is 3. The van der Waals surface area contributed by atoms with Gasteiger partial charge in [0.1, 0.15) is 6.54 Å². The number of halogens is 2. The minimum atomic E-state index is -0.291. The number of rotatable bonds is 8. The van der Waals surface area contributed by atoms with Gasteiger partial charge in [-0.1, -0.05) is 72.8 Å². The van der Waals surface area contributed by atoms with Crippen LogP contribution >= 0.6 is 34.5 Å². The van der Waals surface area contributed by atoms with Crippen molar-refractivity contribution in [3.05, 3.63) is 86.0 Å². The Balaban J connectivity index is 1.55. The van der Waals surface area contributed by atoms with Gasteiger partial charge < -0.3 is 15.1 Å². The third-order valence-electron chi connectivity index (χ3n) is 6.62. The molecule has 5 nitrogen and oxygen atoms in total. The number of urea groups is 1. The molecule has 0 saturated heterocycles. The van der Waals surface area contributed by atoms with Crippen molar-refractivity contribution >= 4 is 52.2 Å². The molecule has 1 aromatic heterocycles. The number of carbonyl (C=O) groups excluding carboxylic acids is 2. The van der Waals surface area contributed by atoms with Gasteiger partial charge in [-0.05, 0) is 60.5 Å². The van der Waals surface area contributed by atoms with E-state index in [-0.39, 0.29) is 24.5 Å². The molecule has 0 radical (unpaired) electrons. The van der Waals surface area contributed by atoms with E-state index in [0.717, 1.165) is 42.5 Å². The highest BCUT2D eigenvalue weighted by atomic mass is 35.5. The monoisotopic (exact) mass is 543 g/mol. The average Bonchev–Trinajstić information content (AvgIpc) is 3.29. The van der Waals surface area contributed by atoms with E-state index in [4.69, 9.17) is 23.2 Å². The Morgan fingerprint density at radius 2 is 1.72 bits per heavy atom. The maximum atomic E-state index is 13.8. The molecular weight excluding hydrogens is 513 g/mol. The highest BCUT2D eigenvalue weighted by Gasteiger charge is 2.29. The molecule has 2 aromatic carbocycles. The Bertz CT molecular complexity index is 1180. The molecule has 1 aliphatic carbocycles. The van der Waals surface area contributed by atoms with E-state index in [2.05, 4.69) is 23.7 Å². The summed E-state index contributed by atoms with van der Waals surface area (Å²) in [4.78, 5) is 32.0. The Morgan fingerprint density at radius 3 is 2.39 bits per heavy atom. The normalized spacial score (nSPS) is 13.9. The molecular formula is C28H31Cl2N3O2S. The van der Waals surface area contributed by atoms with Gasteiger partial charge in [0.2, 0.25) is 5.91 Å². The van der Waals surface area contributed by atoms with Crippen LogP contribution in [-0.2, 0) is 17.9 Å². The van der Waals surface area contributed by atoms with Crippen LogP contribution in [-0.4, -0.2) is 34.3 Å². The van der Waals surface area contributed by atoms with Crippen LogP contribution in [0.4, 0.5) is 10.5 Å². The van der Waals surface area contributed by atoms with Gasteiger partial charge in [0.15, 0.2) is 0 Å². The van der Waals surface area contributed by atoms with Gasteiger partial charge in [0.25, 0.3) is 0 Å². The standard InChI is InChI=1S/C28H31Cl2N3O2S/c1-20-14-15-36-26(20)18-32(17-21-8-4-2-5-9-21)27(34)19-33(23-10-6-3-7-11-23)28(35)31-22-12-13-24(29)25(30)16-22/h2,4-5,8-9,12-16,23H,3,6-7,10-11,17-19H2,1H3,(H,31,35). The number of amides is 3. The first kappa shape index (κ1) is 26.5. The van der Waals surface area contributed by atoms with Crippen LogP contribution in [0.1, 0.15) is 48.1 Å². The first-order valence-electron chi connectivity index (χ1n) is 12.3. The van der Waals surface area contributed by atoms with Crippen molar-refractivity contribution in [1.29, 1.82) is 0 Å². The van der Waals surface area contributed by atoms with Gasteiger partial charge in [-0.3, -0.25) is 4.79 Å². The zero-order chi connectivity index (χ0) is 25.5. The fraction of sp³-hybridized carbons (Fsp3) is 0.357. The summed E-state index contributed by atoms with van der Waals surface area (Å²) in [7, 11) is 0. The maximum Gasteiger partial charge on any atom is 0.322 e. The largest absolute Gasteiger partial charge is 0.332 e. The molecule has 1 fully saturated rings. The van der Waals surface area contributed by atoms with E-state index >= 15 is 0 Å². The van der Waals surface area contributed by atoms with Crippen LogP contribution in [0.3, 0.4) is 0 Å². The molecule has 8 heteroatoms. The van der Waals surface area contributed by atoms with Gasteiger partial charge in [-0.2, -0.15) is 0 Å². The smallest absolute Gasteiger partial charge is 0.322 e. The molecule has 0 bridgehead atoms. The Kier molecular flexibility index (Phi) is 9.30. The number of hydrogen-bond donors (Lipinski definition) is 1. The van der Waals surface area contributed by atoms with Crippen molar-refractivity contribution in [3.8, 4) is 0 Å². The summed E-state index contributed by atoms with van der Waals surface area (Å²) in [6, 6.07) is 16.8. The Hall–Kier alpha value is -2.54. The van der Waals surface area contributed by atoms with Crippen molar-refractivity contribution in [2.45, 2.75) is 58.2 Å². The lowest BCUT2D eigenvalue weighted by Crippen LogP contribution is -2.49. The number of aryl methyl sites for hydroxylation is 1. The first-order chi connectivity index (χ1) is 17.4. The molecule has 190 valence electrons. The van der Waals surface area contributed by atoms with Crippen molar-refractivity contribution in [2.24, 2.45) is 0 Å². The van der Waals surface area contributed by atoms with E-state index in [1.54, 1.807) is 34.4 Å². The van der Waals surface area contributed by atoms with Crippen molar-refractivity contribution in [3.63, 3.8) is 0 Å². The van der Waals surface area contributed by atoms with E-state index in [1.807, 2.05) is 35.2 Å². The minimum absolute atomic E-state index is 0.0209. The SMILES string of the molecule is Cc1ccsc1CN(Cc1ccccc1)C(=O)CN(C(=O)Nc1ccc(Cl)c(Cl)c1)C1CCCCC1. The maximum absolute atomic E-state index is 13.8. The molecule has 1 saturated carbocycles. The molecule has 0 spiro atoms. The molecule has 1 aliphatic rings. The predicted octanol–water partition coefficient (Wildman–Crippen LogP) is 7.76. The number of carbonyl (C=O) groups is 2. The molecule has 1 heterocycles. The summed E-state index contributed by atoms with van der Waals surface area (Å²) in [5, 5.41) is 5.78. The fourth-order valence-corrected chi connectivity index (χ4v) is 5.77. The van der Waals surface area contributed by atoms with E-state index in [9.17, 15) is 9.59 Å². The molecule has 36 heavy (non-hydrogen) atoms. The topological polar surface area (TPSA) is 52.7 Å². The molecule has 0 aliphatic heterocycles. The molecule has 3 aromatic rings. The fourth-order valence-electron chi connectivity index (χ4n) is 4.55. The summed E-state index contributed by atoms with van der Waals surface area (Å²) in [6.45, 7) is 3.10. The lowest BCUT2D eigenvalue weighted by atomic mass is 9.94. The van der Waals surface area contributed by atoms with Gasteiger partial charge >= 0.3 is 6.03 Å². The average molecular weight is 545 g/mol. The zero-order valence-corrected chi connectivity index (χ0v) is 22.7. The molecule has 0 atom stereocenters. The Morgan fingerprint density at radius 1 is 0.972 bits per heavy atom. The number of benzene rings is 2. The second kappa shape index (κ2) is 12.6. The molecule has 0 unspecified atom stereocenters. The minimum Gasteiger partial charge on any atom is -0.332 e. The highest BCUT2D eigenvalue weighted by Crippen LogP contribution is 2.27. The number of nitrogens with one attached hydrogen (secondary N) is 1. The van der Waals surface area contributed by atoms with Gasteiger partial charge in [-0.25, -0.2) is 4.79 Å². The molecule has 4 rings (SSSR count). The third-order valence-corrected chi connectivity index (χ3v) is 8.37. The van der Waals surface area contributed by atoms with Crippen LogP contribution in [0.25, 0.3) is 0 Å². The van der Waals surface area contributed by atoms with Crippen molar-refractivity contribution in [2.75, 3.05) is 11.9 Å². The second-order valence-corrected chi connectivity index (χ2v) is 11.1. The quantitative estimate of drug-likeness (QED) is 0.315. The Labute approximate surface area is 227 Å². The van der Waals surface area contributed by atoms with Crippen molar-refractivity contribution < 1.29 is 9.59 Å². The van der Waals surface area contributed by atoms with Crippen molar-refractivity contribution in [1.82, 2.24) is 9.80 Å².